The third kappa shape index (κ3) is 3.07. The lowest BCUT2D eigenvalue weighted by molar-refractivity contribution is 0.329. The van der Waals surface area contributed by atoms with Crippen molar-refractivity contribution in [2.75, 3.05) is 18.0 Å². The van der Waals surface area contributed by atoms with E-state index >= 15 is 0 Å². The molecule has 1 fully saturated rings. The van der Waals surface area contributed by atoms with Gasteiger partial charge in [-0.05, 0) is 26.0 Å². The van der Waals surface area contributed by atoms with Crippen LogP contribution in [0.2, 0.25) is 0 Å². The topological polar surface area (TPSA) is 81.7 Å². The summed E-state index contributed by atoms with van der Waals surface area (Å²) in [5.41, 5.74) is 1.71. The predicted molar refractivity (Wildman–Crippen MR) is 92.8 cm³/mol. The molecule has 0 amide bonds. The summed E-state index contributed by atoms with van der Waals surface area (Å²) in [6, 6.07) is 5.15. The third-order valence-corrected chi connectivity index (χ3v) is 4.36. The number of halogens is 1. The Labute approximate surface area is 148 Å². The zero-order chi connectivity index (χ0) is 18.3. The SMILES string of the molecule is Cc1cc(C)n(-c2ccc(=O)n(CC3CN(c4ncc(F)cn4)C3)n2)n1. The van der Waals surface area contributed by atoms with Crippen LogP contribution in [0.25, 0.3) is 5.82 Å². The average Bonchev–Trinajstić information content (AvgIpc) is 2.92. The standard InChI is InChI=1S/C17H18FN7O/c1-11-5-12(2)25(21-11)15-3-4-16(26)24(22-15)10-13-8-23(9-13)17-19-6-14(18)7-20-17/h3-7,13H,8-10H2,1-2H3. The molecule has 1 aliphatic heterocycles. The molecular weight excluding hydrogens is 337 g/mol. The average molecular weight is 355 g/mol. The summed E-state index contributed by atoms with van der Waals surface area (Å²) in [6.45, 7) is 5.76. The first-order valence-electron chi connectivity index (χ1n) is 8.34. The summed E-state index contributed by atoms with van der Waals surface area (Å²) in [4.78, 5) is 22.0. The second kappa shape index (κ2) is 6.32. The lowest BCUT2D eigenvalue weighted by atomic mass is 10.0. The molecule has 1 saturated heterocycles. The molecule has 0 N–H and O–H groups in total. The van der Waals surface area contributed by atoms with Gasteiger partial charge in [-0.2, -0.15) is 5.10 Å². The van der Waals surface area contributed by atoms with Crippen LogP contribution in [0.3, 0.4) is 0 Å². The molecular formula is C17H18FN7O. The van der Waals surface area contributed by atoms with Crippen molar-refractivity contribution in [1.82, 2.24) is 29.5 Å². The zero-order valence-electron chi connectivity index (χ0n) is 14.5. The second-order valence-electron chi connectivity index (χ2n) is 6.52. The lowest BCUT2D eigenvalue weighted by Gasteiger charge is -2.39. The number of hydrogen-bond donors (Lipinski definition) is 0. The van der Waals surface area contributed by atoms with E-state index < -0.39 is 5.82 Å². The number of nitrogens with zero attached hydrogens (tertiary/aromatic N) is 7. The highest BCUT2D eigenvalue weighted by Gasteiger charge is 2.29. The first-order valence-corrected chi connectivity index (χ1v) is 8.34. The minimum Gasteiger partial charge on any atom is -0.340 e. The van der Waals surface area contributed by atoms with Gasteiger partial charge in [0.2, 0.25) is 5.95 Å². The Kier molecular flexibility index (Phi) is 3.98. The van der Waals surface area contributed by atoms with Crippen molar-refractivity contribution in [2.45, 2.75) is 20.4 Å². The number of aryl methyl sites for hydroxylation is 2. The van der Waals surface area contributed by atoms with E-state index in [4.69, 9.17) is 0 Å². The van der Waals surface area contributed by atoms with Gasteiger partial charge in [-0.3, -0.25) is 4.79 Å². The summed E-state index contributed by atoms with van der Waals surface area (Å²) >= 11 is 0. The maximum absolute atomic E-state index is 12.9. The van der Waals surface area contributed by atoms with Gasteiger partial charge in [-0.1, -0.05) is 0 Å². The molecule has 3 aromatic rings. The Morgan fingerprint density at radius 3 is 2.54 bits per heavy atom. The van der Waals surface area contributed by atoms with Gasteiger partial charge in [-0.15, -0.1) is 5.10 Å². The van der Waals surface area contributed by atoms with E-state index in [2.05, 4.69) is 20.2 Å². The summed E-state index contributed by atoms with van der Waals surface area (Å²) in [5.74, 6) is 0.916. The van der Waals surface area contributed by atoms with Gasteiger partial charge in [0.1, 0.15) is 0 Å². The fraction of sp³-hybridized carbons (Fsp3) is 0.353. The van der Waals surface area contributed by atoms with Crippen LogP contribution in [0.4, 0.5) is 10.3 Å². The van der Waals surface area contributed by atoms with E-state index in [1.165, 1.54) is 10.7 Å². The Bertz CT molecular complexity index is 989. The van der Waals surface area contributed by atoms with Crippen molar-refractivity contribution in [3.05, 3.63) is 58.2 Å². The third-order valence-electron chi connectivity index (χ3n) is 4.36. The Morgan fingerprint density at radius 1 is 1.15 bits per heavy atom. The van der Waals surface area contributed by atoms with Gasteiger partial charge in [0.15, 0.2) is 11.6 Å². The van der Waals surface area contributed by atoms with Crippen molar-refractivity contribution in [3.63, 3.8) is 0 Å². The molecule has 1 aliphatic rings. The number of aromatic nitrogens is 6. The molecule has 0 unspecified atom stereocenters. The van der Waals surface area contributed by atoms with Gasteiger partial charge in [0, 0.05) is 30.8 Å². The van der Waals surface area contributed by atoms with Gasteiger partial charge in [0.05, 0.1) is 24.6 Å². The van der Waals surface area contributed by atoms with Crippen LogP contribution in [0.15, 0.2) is 35.4 Å². The van der Waals surface area contributed by atoms with Crippen molar-refractivity contribution in [2.24, 2.45) is 5.92 Å². The van der Waals surface area contributed by atoms with E-state index in [9.17, 15) is 9.18 Å². The number of anilines is 1. The van der Waals surface area contributed by atoms with Crippen LogP contribution in [0, 0.1) is 25.6 Å². The fourth-order valence-electron chi connectivity index (χ4n) is 3.10. The molecule has 4 rings (SSSR count). The van der Waals surface area contributed by atoms with E-state index in [0.717, 1.165) is 23.8 Å². The summed E-state index contributed by atoms with van der Waals surface area (Å²) in [5, 5.41) is 8.86. The molecule has 0 bridgehead atoms. The molecule has 8 nitrogen and oxygen atoms in total. The van der Waals surface area contributed by atoms with E-state index in [0.29, 0.717) is 31.4 Å². The normalized spacial score (nSPS) is 14.5. The van der Waals surface area contributed by atoms with Crippen LogP contribution in [0.1, 0.15) is 11.4 Å². The second-order valence-corrected chi connectivity index (χ2v) is 6.52. The minimum atomic E-state index is -0.456. The largest absolute Gasteiger partial charge is 0.340 e. The van der Waals surface area contributed by atoms with Gasteiger partial charge in [0.25, 0.3) is 5.56 Å². The zero-order valence-corrected chi connectivity index (χ0v) is 14.5. The first kappa shape index (κ1) is 16.4. The highest BCUT2D eigenvalue weighted by atomic mass is 19.1. The Balaban J connectivity index is 1.47. The number of rotatable bonds is 4. The molecule has 3 aromatic heterocycles. The molecule has 26 heavy (non-hydrogen) atoms. The van der Waals surface area contributed by atoms with Crippen LogP contribution in [0.5, 0.6) is 0 Å². The molecule has 4 heterocycles. The number of hydrogen-bond acceptors (Lipinski definition) is 6. The molecule has 0 aromatic carbocycles. The van der Waals surface area contributed by atoms with Crippen molar-refractivity contribution in [3.8, 4) is 5.82 Å². The van der Waals surface area contributed by atoms with E-state index in [1.807, 2.05) is 24.8 Å². The van der Waals surface area contributed by atoms with Crippen molar-refractivity contribution >= 4 is 5.95 Å². The van der Waals surface area contributed by atoms with E-state index in [1.54, 1.807) is 10.7 Å². The Morgan fingerprint density at radius 2 is 1.88 bits per heavy atom. The van der Waals surface area contributed by atoms with Crippen molar-refractivity contribution < 1.29 is 4.39 Å². The van der Waals surface area contributed by atoms with Crippen LogP contribution >= 0.6 is 0 Å². The van der Waals surface area contributed by atoms with Crippen LogP contribution in [-0.4, -0.2) is 42.6 Å². The van der Waals surface area contributed by atoms with Gasteiger partial charge < -0.3 is 4.90 Å². The first-order chi connectivity index (χ1) is 12.5. The van der Waals surface area contributed by atoms with Gasteiger partial charge >= 0.3 is 0 Å². The lowest BCUT2D eigenvalue weighted by Crippen LogP contribution is -2.50. The van der Waals surface area contributed by atoms with Gasteiger partial charge in [-0.25, -0.2) is 23.7 Å². The Hall–Kier alpha value is -3.10. The molecule has 9 heteroatoms. The highest BCUT2D eigenvalue weighted by Crippen LogP contribution is 2.21. The summed E-state index contributed by atoms with van der Waals surface area (Å²) in [7, 11) is 0. The molecule has 0 radical (unpaired) electrons. The quantitative estimate of drug-likeness (QED) is 0.697. The molecule has 0 atom stereocenters. The maximum atomic E-state index is 12.9. The highest BCUT2D eigenvalue weighted by molar-refractivity contribution is 5.33. The van der Waals surface area contributed by atoms with Crippen LogP contribution in [-0.2, 0) is 6.54 Å². The smallest absolute Gasteiger partial charge is 0.266 e. The molecule has 0 saturated carbocycles. The fourth-order valence-corrected chi connectivity index (χ4v) is 3.10. The monoisotopic (exact) mass is 355 g/mol. The van der Waals surface area contributed by atoms with Crippen LogP contribution < -0.4 is 10.5 Å². The maximum Gasteiger partial charge on any atom is 0.266 e. The molecule has 0 aliphatic carbocycles. The summed E-state index contributed by atoms with van der Waals surface area (Å²) < 4.78 is 16.1. The molecule has 0 spiro atoms. The van der Waals surface area contributed by atoms with Crippen molar-refractivity contribution in [1.29, 1.82) is 0 Å². The predicted octanol–water partition coefficient (Wildman–Crippen LogP) is 1.11. The minimum absolute atomic E-state index is 0.147. The molecule has 134 valence electrons. The summed E-state index contributed by atoms with van der Waals surface area (Å²) in [6.07, 6.45) is 2.30. The van der Waals surface area contributed by atoms with E-state index in [-0.39, 0.29) is 11.5 Å².